The number of benzene rings is 1. The predicted octanol–water partition coefficient (Wildman–Crippen LogP) is 4.20. The largest absolute Gasteiger partial charge is 0.302 e. The van der Waals surface area contributed by atoms with E-state index in [1.807, 2.05) is 41.8 Å². The minimum Gasteiger partial charge on any atom is -0.302 e. The van der Waals surface area contributed by atoms with Crippen LogP contribution in [0, 0.1) is 0 Å². The van der Waals surface area contributed by atoms with Crippen molar-refractivity contribution < 1.29 is 4.79 Å². The van der Waals surface area contributed by atoms with Crippen LogP contribution in [0.25, 0.3) is 11.3 Å². The number of anilines is 1. The summed E-state index contributed by atoms with van der Waals surface area (Å²) in [5.74, 6) is 1.67. The van der Waals surface area contributed by atoms with Crippen molar-refractivity contribution in [2.45, 2.75) is 30.5 Å². The van der Waals surface area contributed by atoms with Crippen molar-refractivity contribution in [1.82, 2.24) is 19.7 Å². The van der Waals surface area contributed by atoms with E-state index < -0.39 is 0 Å². The Morgan fingerprint density at radius 2 is 2.15 bits per heavy atom. The van der Waals surface area contributed by atoms with Gasteiger partial charge in [-0.05, 0) is 12.8 Å². The van der Waals surface area contributed by atoms with Gasteiger partial charge in [0.05, 0.1) is 11.4 Å². The van der Waals surface area contributed by atoms with Crippen LogP contribution in [-0.2, 0) is 11.3 Å². The van der Waals surface area contributed by atoms with Crippen molar-refractivity contribution in [3.8, 4) is 11.3 Å². The average Bonchev–Trinajstić information content (AvgIpc) is 3.29. The van der Waals surface area contributed by atoms with E-state index in [9.17, 15) is 4.79 Å². The first-order valence-electron chi connectivity index (χ1n) is 8.72. The molecule has 8 heteroatoms. The van der Waals surface area contributed by atoms with Gasteiger partial charge in [0, 0.05) is 23.4 Å². The zero-order valence-corrected chi connectivity index (χ0v) is 16.3. The number of rotatable bonds is 8. The van der Waals surface area contributed by atoms with Gasteiger partial charge in [0.2, 0.25) is 5.91 Å². The lowest BCUT2D eigenvalue weighted by atomic mass is 10.2. The number of carbonyl (C=O) groups excluding carboxylic acids is 1. The van der Waals surface area contributed by atoms with E-state index in [1.54, 1.807) is 0 Å². The molecule has 0 radical (unpaired) electrons. The van der Waals surface area contributed by atoms with Crippen LogP contribution in [0.2, 0.25) is 0 Å². The van der Waals surface area contributed by atoms with Gasteiger partial charge in [0.25, 0.3) is 0 Å². The van der Waals surface area contributed by atoms with Gasteiger partial charge in [-0.3, -0.25) is 4.79 Å². The molecule has 0 bridgehead atoms. The van der Waals surface area contributed by atoms with E-state index >= 15 is 0 Å². The summed E-state index contributed by atoms with van der Waals surface area (Å²) >= 11 is 2.81. The first-order valence-corrected chi connectivity index (χ1v) is 10.6. The molecule has 0 saturated heterocycles. The number of amides is 1. The summed E-state index contributed by atoms with van der Waals surface area (Å²) in [6.45, 7) is 4.47. The Bertz CT molecular complexity index is 946. The fraction of sp³-hybridized carbons (Fsp3) is 0.263. The lowest BCUT2D eigenvalue weighted by Crippen LogP contribution is -2.14. The Balaban J connectivity index is 1.36. The van der Waals surface area contributed by atoms with Gasteiger partial charge in [-0.2, -0.15) is 0 Å². The first-order chi connectivity index (χ1) is 13.2. The SMILES string of the molecule is C=CCn1c(SCC(=O)Nc2nc(-c3ccccc3)cs2)nnc1C1CC1. The molecule has 1 amide bonds. The molecule has 1 fully saturated rings. The van der Waals surface area contributed by atoms with E-state index in [0.717, 1.165) is 35.1 Å². The van der Waals surface area contributed by atoms with Crippen molar-refractivity contribution in [3.05, 3.63) is 54.2 Å². The summed E-state index contributed by atoms with van der Waals surface area (Å²) in [6, 6.07) is 9.91. The number of nitrogens with one attached hydrogen (secondary N) is 1. The Labute approximate surface area is 165 Å². The molecule has 2 heterocycles. The highest BCUT2D eigenvalue weighted by Gasteiger charge is 2.30. The average molecular weight is 398 g/mol. The molecule has 6 nitrogen and oxygen atoms in total. The zero-order chi connectivity index (χ0) is 18.6. The zero-order valence-electron chi connectivity index (χ0n) is 14.7. The van der Waals surface area contributed by atoms with Crippen LogP contribution in [0.3, 0.4) is 0 Å². The minimum absolute atomic E-state index is 0.102. The Hall–Kier alpha value is -2.45. The maximum absolute atomic E-state index is 12.3. The molecule has 2 aromatic heterocycles. The van der Waals surface area contributed by atoms with E-state index in [-0.39, 0.29) is 11.7 Å². The number of aromatic nitrogens is 4. The van der Waals surface area contributed by atoms with Crippen molar-refractivity contribution >= 4 is 34.1 Å². The van der Waals surface area contributed by atoms with Crippen LogP contribution in [0.1, 0.15) is 24.6 Å². The van der Waals surface area contributed by atoms with E-state index in [2.05, 4.69) is 31.6 Å². The molecule has 1 N–H and O–H groups in total. The maximum Gasteiger partial charge on any atom is 0.236 e. The molecule has 3 aromatic rings. The van der Waals surface area contributed by atoms with Gasteiger partial charge < -0.3 is 9.88 Å². The van der Waals surface area contributed by atoms with Gasteiger partial charge in [-0.25, -0.2) is 4.98 Å². The summed E-state index contributed by atoms with van der Waals surface area (Å²) in [5.41, 5.74) is 1.90. The molecule has 0 aliphatic heterocycles. The molecule has 0 atom stereocenters. The Kier molecular flexibility index (Phi) is 5.35. The van der Waals surface area contributed by atoms with Crippen molar-refractivity contribution in [2.75, 3.05) is 11.1 Å². The standard InChI is InChI=1S/C19H19N5OS2/c1-2-10-24-17(14-8-9-14)22-23-19(24)27-12-16(25)21-18-20-15(11-26-18)13-6-4-3-5-7-13/h2-7,11,14H,1,8-10,12H2,(H,20,21,25). The summed E-state index contributed by atoms with van der Waals surface area (Å²) in [6.07, 6.45) is 4.16. The molecule has 1 aromatic carbocycles. The third-order valence-electron chi connectivity index (χ3n) is 4.15. The second-order valence-corrected chi connectivity index (χ2v) is 8.06. The highest BCUT2D eigenvalue weighted by molar-refractivity contribution is 7.99. The molecule has 0 spiro atoms. The second kappa shape index (κ2) is 8.06. The number of thioether (sulfide) groups is 1. The molecular formula is C19H19N5OS2. The van der Waals surface area contributed by atoms with Gasteiger partial charge in [-0.1, -0.05) is 48.2 Å². The van der Waals surface area contributed by atoms with Crippen molar-refractivity contribution in [3.63, 3.8) is 0 Å². The summed E-state index contributed by atoms with van der Waals surface area (Å²) in [7, 11) is 0. The van der Waals surface area contributed by atoms with Crippen LogP contribution in [0.5, 0.6) is 0 Å². The molecule has 1 saturated carbocycles. The van der Waals surface area contributed by atoms with Crippen LogP contribution >= 0.6 is 23.1 Å². The Morgan fingerprint density at radius 3 is 2.89 bits per heavy atom. The maximum atomic E-state index is 12.3. The monoisotopic (exact) mass is 397 g/mol. The van der Waals surface area contributed by atoms with E-state index in [1.165, 1.54) is 23.1 Å². The topological polar surface area (TPSA) is 72.7 Å². The van der Waals surface area contributed by atoms with E-state index in [4.69, 9.17) is 0 Å². The molecule has 4 rings (SSSR count). The molecular weight excluding hydrogens is 378 g/mol. The van der Waals surface area contributed by atoms with Gasteiger partial charge in [0.15, 0.2) is 10.3 Å². The number of allylic oxidation sites excluding steroid dienone is 1. The predicted molar refractivity (Wildman–Crippen MR) is 109 cm³/mol. The molecule has 27 heavy (non-hydrogen) atoms. The third kappa shape index (κ3) is 4.28. The fourth-order valence-electron chi connectivity index (χ4n) is 2.71. The summed E-state index contributed by atoms with van der Waals surface area (Å²) < 4.78 is 2.06. The van der Waals surface area contributed by atoms with Crippen LogP contribution in [0.4, 0.5) is 5.13 Å². The first kappa shape index (κ1) is 17.9. The lowest BCUT2D eigenvalue weighted by molar-refractivity contribution is -0.113. The van der Waals surface area contributed by atoms with Crippen molar-refractivity contribution in [1.29, 1.82) is 0 Å². The van der Waals surface area contributed by atoms with Gasteiger partial charge >= 0.3 is 0 Å². The smallest absolute Gasteiger partial charge is 0.236 e. The minimum atomic E-state index is -0.102. The number of thiazole rings is 1. The quantitative estimate of drug-likeness (QED) is 0.456. The number of hydrogen-bond acceptors (Lipinski definition) is 6. The molecule has 0 unspecified atom stereocenters. The Morgan fingerprint density at radius 1 is 1.33 bits per heavy atom. The van der Waals surface area contributed by atoms with Crippen LogP contribution in [-0.4, -0.2) is 31.4 Å². The number of carbonyl (C=O) groups is 1. The highest BCUT2D eigenvalue weighted by Crippen LogP contribution is 2.40. The lowest BCUT2D eigenvalue weighted by Gasteiger charge is -2.06. The third-order valence-corrected chi connectivity index (χ3v) is 5.88. The molecule has 1 aliphatic carbocycles. The molecule has 138 valence electrons. The van der Waals surface area contributed by atoms with Crippen LogP contribution < -0.4 is 5.32 Å². The second-order valence-electron chi connectivity index (χ2n) is 6.26. The van der Waals surface area contributed by atoms with Crippen molar-refractivity contribution in [2.24, 2.45) is 0 Å². The van der Waals surface area contributed by atoms with Gasteiger partial charge in [0.1, 0.15) is 5.82 Å². The normalized spacial score (nSPS) is 13.5. The summed E-state index contributed by atoms with van der Waals surface area (Å²) in [5, 5.41) is 14.7. The fourth-order valence-corrected chi connectivity index (χ4v) is 4.20. The number of hydrogen-bond donors (Lipinski definition) is 1. The van der Waals surface area contributed by atoms with E-state index in [0.29, 0.717) is 17.6 Å². The van der Waals surface area contributed by atoms with Gasteiger partial charge in [-0.15, -0.1) is 28.1 Å². The highest BCUT2D eigenvalue weighted by atomic mass is 32.2. The van der Waals surface area contributed by atoms with Crippen LogP contribution in [0.15, 0.2) is 53.5 Å². The summed E-state index contributed by atoms with van der Waals surface area (Å²) in [4.78, 5) is 16.8. The number of nitrogens with zero attached hydrogens (tertiary/aromatic N) is 4. The molecule has 1 aliphatic rings.